The number of ether oxygens (including phenoxy) is 2. The van der Waals surface area contributed by atoms with Crippen LogP contribution in [-0.4, -0.2) is 31.1 Å². The molecule has 1 aromatic rings. The van der Waals surface area contributed by atoms with Crippen LogP contribution in [0.4, 0.5) is 0 Å². The van der Waals surface area contributed by atoms with Crippen LogP contribution in [0.25, 0.3) is 0 Å². The first-order valence-corrected chi connectivity index (χ1v) is 7.17. The quantitative estimate of drug-likeness (QED) is 0.577. The topological polar surface area (TPSA) is 95.7 Å². The number of benzene rings is 1. The third-order valence-corrected chi connectivity index (χ3v) is 3.32. The Kier molecular flexibility index (Phi) is 6.56. The zero-order valence-corrected chi connectivity index (χ0v) is 12.8. The van der Waals surface area contributed by atoms with Crippen molar-refractivity contribution >= 4 is 17.8 Å². The van der Waals surface area contributed by atoms with Crippen LogP contribution in [0.5, 0.6) is 0 Å². The molecule has 6 heteroatoms. The van der Waals surface area contributed by atoms with E-state index in [1.165, 1.54) is 0 Å². The van der Waals surface area contributed by atoms with Gasteiger partial charge in [-0.25, -0.2) is 0 Å². The van der Waals surface area contributed by atoms with Crippen LogP contribution >= 0.6 is 0 Å². The van der Waals surface area contributed by atoms with Crippen LogP contribution in [0, 0.1) is 0 Å². The number of primary amides is 1. The van der Waals surface area contributed by atoms with E-state index in [9.17, 15) is 14.4 Å². The van der Waals surface area contributed by atoms with Gasteiger partial charge in [-0.3, -0.25) is 14.4 Å². The molecule has 0 aromatic heterocycles. The molecular formula is C16H21NO5. The third kappa shape index (κ3) is 3.84. The molecule has 0 aliphatic rings. The minimum atomic E-state index is -1.69. The summed E-state index contributed by atoms with van der Waals surface area (Å²) in [6.45, 7) is 3.66. The largest absolute Gasteiger partial charge is 0.466 e. The summed E-state index contributed by atoms with van der Waals surface area (Å²) in [6.07, 6.45) is -0.200. The molecule has 22 heavy (non-hydrogen) atoms. The van der Waals surface area contributed by atoms with E-state index in [2.05, 4.69) is 0 Å². The molecule has 0 bridgehead atoms. The number of amides is 1. The van der Waals surface area contributed by atoms with Gasteiger partial charge in [0.1, 0.15) is 0 Å². The van der Waals surface area contributed by atoms with Gasteiger partial charge in [0.2, 0.25) is 5.91 Å². The van der Waals surface area contributed by atoms with Gasteiger partial charge in [0, 0.05) is 6.42 Å². The van der Waals surface area contributed by atoms with Crippen molar-refractivity contribution in [3.05, 3.63) is 35.9 Å². The number of hydrogen-bond donors (Lipinski definition) is 1. The van der Waals surface area contributed by atoms with Gasteiger partial charge in [-0.2, -0.15) is 0 Å². The van der Waals surface area contributed by atoms with Crippen LogP contribution in [0.15, 0.2) is 30.3 Å². The summed E-state index contributed by atoms with van der Waals surface area (Å²) >= 11 is 0. The molecule has 6 nitrogen and oxygen atoms in total. The second-order valence-corrected chi connectivity index (χ2v) is 4.66. The van der Waals surface area contributed by atoms with Crippen LogP contribution < -0.4 is 5.73 Å². The number of carbonyl (C=O) groups excluding carboxylic acids is 3. The van der Waals surface area contributed by atoms with E-state index >= 15 is 0 Å². The van der Waals surface area contributed by atoms with E-state index in [1.807, 2.05) is 0 Å². The van der Waals surface area contributed by atoms with Crippen LogP contribution in [0.1, 0.15) is 32.3 Å². The lowest BCUT2D eigenvalue weighted by atomic mass is 9.76. The van der Waals surface area contributed by atoms with Crippen molar-refractivity contribution in [1.82, 2.24) is 0 Å². The van der Waals surface area contributed by atoms with Gasteiger partial charge in [-0.05, 0) is 25.8 Å². The second kappa shape index (κ2) is 8.17. The number of nitrogens with two attached hydrogens (primary N) is 1. The molecule has 1 rings (SSSR count). The predicted molar refractivity (Wildman–Crippen MR) is 79.8 cm³/mol. The van der Waals surface area contributed by atoms with E-state index in [1.54, 1.807) is 44.2 Å². The Morgan fingerprint density at radius 2 is 1.64 bits per heavy atom. The van der Waals surface area contributed by atoms with Crippen molar-refractivity contribution in [3.8, 4) is 0 Å². The van der Waals surface area contributed by atoms with Crippen molar-refractivity contribution in [1.29, 1.82) is 0 Å². The van der Waals surface area contributed by atoms with Gasteiger partial charge in [-0.15, -0.1) is 0 Å². The first kappa shape index (κ1) is 17.7. The summed E-state index contributed by atoms with van der Waals surface area (Å²) in [5.74, 6) is -2.09. The molecule has 1 amide bonds. The molecule has 1 unspecified atom stereocenters. The monoisotopic (exact) mass is 307 g/mol. The molecule has 1 aromatic carbocycles. The minimum Gasteiger partial charge on any atom is -0.466 e. The molecule has 0 saturated heterocycles. The maximum absolute atomic E-state index is 12.4. The van der Waals surface area contributed by atoms with Crippen LogP contribution in [0.3, 0.4) is 0 Å². The molecule has 120 valence electrons. The average molecular weight is 307 g/mol. The maximum atomic E-state index is 12.4. The lowest BCUT2D eigenvalue weighted by Gasteiger charge is -2.28. The molecule has 2 N–H and O–H groups in total. The van der Waals surface area contributed by atoms with Crippen LogP contribution in [-0.2, 0) is 29.3 Å². The maximum Gasteiger partial charge on any atom is 0.326 e. The van der Waals surface area contributed by atoms with Crippen molar-refractivity contribution < 1.29 is 23.9 Å². The zero-order chi connectivity index (χ0) is 16.6. The molecule has 0 saturated carbocycles. The van der Waals surface area contributed by atoms with Crippen LogP contribution in [0.2, 0.25) is 0 Å². The van der Waals surface area contributed by atoms with Crippen molar-refractivity contribution in [3.63, 3.8) is 0 Å². The molecule has 0 aliphatic heterocycles. The molecule has 1 atom stereocenters. The Morgan fingerprint density at radius 3 is 2.14 bits per heavy atom. The highest BCUT2D eigenvalue weighted by Crippen LogP contribution is 2.31. The van der Waals surface area contributed by atoms with Gasteiger partial charge in [0.25, 0.3) is 0 Å². The highest BCUT2D eigenvalue weighted by atomic mass is 16.5. The van der Waals surface area contributed by atoms with E-state index in [0.717, 1.165) is 0 Å². The highest BCUT2D eigenvalue weighted by Gasteiger charge is 2.47. The standard InChI is InChI=1S/C16H21NO5/c1-3-21-13(18)10-11-16(14(17)19,15(20)22-4-2)12-8-6-5-7-9-12/h5-9H,3-4,10-11H2,1-2H3,(H2,17,19). The summed E-state index contributed by atoms with van der Waals surface area (Å²) in [5, 5.41) is 0. The second-order valence-electron chi connectivity index (χ2n) is 4.66. The smallest absolute Gasteiger partial charge is 0.326 e. The number of hydrogen-bond acceptors (Lipinski definition) is 5. The van der Waals surface area contributed by atoms with Gasteiger partial charge in [0.15, 0.2) is 5.41 Å². The van der Waals surface area contributed by atoms with E-state index < -0.39 is 23.3 Å². The molecule has 0 aliphatic carbocycles. The average Bonchev–Trinajstić information content (AvgIpc) is 2.49. The fourth-order valence-electron chi connectivity index (χ4n) is 2.23. The van der Waals surface area contributed by atoms with E-state index in [4.69, 9.17) is 15.2 Å². The third-order valence-electron chi connectivity index (χ3n) is 3.32. The summed E-state index contributed by atoms with van der Waals surface area (Å²) in [5.41, 5.74) is 4.22. The Labute approximate surface area is 129 Å². The zero-order valence-electron chi connectivity index (χ0n) is 12.8. The molecule has 0 heterocycles. The molecule has 0 fully saturated rings. The van der Waals surface area contributed by atoms with Crippen molar-refractivity contribution in [2.45, 2.75) is 32.1 Å². The van der Waals surface area contributed by atoms with Crippen molar-refractivity contribution in [2.24, 2.45) is 5.73 Å². The highest BCUT2D eigenvalue weighted by molar-refractivity contribution is 6.08. The first-order valence-electron chi connectivity index (χ1n) is 7.17. The lowest BCUT2D eigenvalue weighted by molar-refractivity contribution is -0.155. The number of rotatable bonds is 8. The number of esters is 2. The van der Waals surface area contributed by atoms with E-state index in [0.29, 0.717) is 5.56 Å². The van der Waals surface area contributed by atoms with Gasteiger partial charge >= 0.3 is 11.9 Å². The Hall–Kier alpha value is -2.37. The van der Waals surface area contributed by atoms with Crippen molar-refractivity contribution in [2.75, 3.05) is 13.2 Å². The summed E-state index contributed by atoms with van der Waals surface area (Å²) in [6, 6.07) is 8.37. The summed E-state index contributed by atoms with van der Waals surface area (Å²) < 4.78 is 9.87. The minimum absolute atomic E-state index is 0.0932. The Balaban J connectivity index is 3.19. The predicted octanol–water partition coefficient (Wildman–Crippen LogP) is 1.32. The molecular weight excluding hydrogens is 286 g/mol. The van der Waals surface area contributed by atoms with Gasteiger partial charge in [0.05, 0.1) is 13.2 Å². The van der Waals surface area contributed by atoms with Gasteiger partial charge in [-0.1, -0.05) is 30.3 Å². The lowest BCUT2D eigenvalue weighted by Crippen LogP contribution is -2.49. The van der Waals surface area contributed by atoms with Gasteiger partial charge < -0.3 is 15.2 Å². The summed E-state index contributed by atoms with van der Waals surface area (Å²) in [7, 11) is 0. The Morgan fingerprint density at radius 1 is 1.05 bits per heavy atom. The SMILES string of the molecule is CCOC(=O)CCC(C(N)=O)(C(=O)OCC)c1ccccc1. The molecule has 0 spiro atoms. The first-order chi connectivity index (χ1) is 10.5. The summed E-state index contributed by atoms with van der Waals surface area (Å²) in [4.78, 5) is 36.1. The fraction of sp³-hybridized carbons (Fsp3) is 0.438. The number of carbonyl (C=O) groups is 3. The van der Waals surface area contributed by atoms with E-state index in [-0.39, 0.29) is 26.1 Å². The Bertz CT molecular complexity index is 529. The fourth-order valence-corrected chi connectivity index (χ4v) is 2.23. The normalized spacial score (nSPS) is 13.0. The molecule has 0 radical (unpaired) electrons.